The summed E-state index contributed by atoms with van der Waals surface area (Å²) in [6.07, 6.45) is 5.14. The Labute approximate surface area is 165 Å². The van der Waals surface area contributed by atoms with Gasteiger partial charge in [0.2, 0.25) is 0 Å². The van der Waals surface area contributed by atoms with E-state index in [2.05, 4.69) is 24.8 Å². The molecule has 6 nitrogen and oxygen atoms in total. The van der Waals surface area contributed by atoms with Crippen molar-refractivity contribution < 1.29 is 4.39 Å². The number of anilines is 1. The average molecular weight is 382 g/mol. The van der Waals surface area contributed by atoms with Gasteiger partial charge < -0.3 is 10.6 Å². The van der Waals surface area contributed by atoms with Crippen molar-refractivity contribution in [1.29, 1.82) is 0 Å². The Morgan fingerprint density at radius 3 is 2.57 bits per heavy atom. The lowest BCUT2D eigenvalue weighted by Crippen LogP contribution is -2.47. The Bertz CT molecular complexity index is 851. The molecule has 2 heterocycles. The molecule has 1 aliphatic rings. The maximum Gasteiger partial charge on any atom is 0.155 e. The lowest BCUT2D eigenvalue weighted by molar-refractivity contribution is 0.280. The first-order chi connectivity index (χ1) is 13.6. The van der Waals surface area contributed by atoms with Gasteiger partial charge in [0.05, 0.1) is 0 Å². The maximum absolute atomic E-state index is 14.3. The van der Waals surface area contributed by atoms with Crippen molar-refractivity contribution in [2.24, 2.45) is 10.7 Å². The van der Waals surface area contributed by atoms with Gasteiger partial charge in [0, 0.05) is 74.7 Å². The molecule has 1 fully saturated rings. The molecule has 0 unspecified atom stereocenters. The van der Waals surface area contributed by atoms with Crippen LogP contribution in [0.2, 0.25) is 0 Å². The van der Waals surface area contributed by atoms with Gasteiger partial charge >= 0.3 is 0 Å². The summed E-state index contributed by atoms with van der Waals surface area (Å²) in [4.78, 5) is 17.8. The van der Waals surface area contributed by atoms with Crippen LogP contribution in [0.5, 0.6) is 0 Å². The molecule has 28 heavy (non-hydrogen) atoms. The molecular formula is C21H27FN6. The molecule has 0 bridgehead atoms. The zero-order valence-electron chi connectivity index (χ0n) is 16.5. The van der Waals surface area contributed by atoms with E-state index >= 15 is 0 Å². The summed E-state index contributed by atoms with van der Waals surface area (Å²) in [6, 6.07) is 6.69. The Kier molecular flexibility index (Phi) is 6.71. The Balaban J connectivity index is 1.72. The first-order valence-corrected chi connectivity index (χ1v) is 9.58. The molecule has 1 aromatic carbocycles. The molecule has 2 aromatic rings. The van der Waals surface area contributed by atoms with E-state index in [9.17, 15) is 4.39 Å². The van der Waals surface area contributed by atoms with Gasteiger partial charge in [0.15, 0.2) is 5.82 Å². The van der Waals surface area contributed by atoms with Gasteiger partial charge in [-0.1, -0.05) is 12.1 Å². The zero-order chi connectivity index (χ0) is 19.9. The second-order valence-electron chi connectivity index (χ2n) is 6.81. The average Bonchev–Trinajstić information content (AvgIpc) is 2.72. The van der Waals surface area contributed by atoms with Crippen LogP contribution in [-0.4, -0.2) is 60.4 Å². The summed E-state index contributed by atoms with van der Waals surface area (Å²) in [5.41, 5.74) is 8.93. The third-order valence-electron chi connectivity index (χ3n) is 4.81. The van der Waals surface area contributed by atoms with Gasteiger partial charge in [-0.25, -0.2) is 9.37 Å². The fraction of sp³-hybridized carbons (Fsp3) is 0.381. The highest BCUT2D eigenvalue weighted by atomic mass is 19.1. The van der Waals surface area contributed by atoms with E-state index in [0.29, 0.717) is 11.3 Å². The number of allylic oxidation sites excluding steroid dienone is 1. The number of piperazine rings is 1. The molecule has 0 saturated carbocycles. The molecular weight excluding hydrogens is 355 g/mol. The van der Waals surface area contributed by atoms with E-state index in [-0.39, 0.29) is 5.82 Å². The molecule has 0 spiro atoms. The largest absolute Gasteiger partial charge is 0.402 e. The van der Waals surface area contributed by atoms with Crippen LogP contribution in [0.3, 0.4) is 0 Å². The van der Waals surface area contributed by atoms with Crippen molar-refractivity contribution in [2.75, 3.05) is 44.2 Å². The van der Waals surface area contributed by atoms with E-state index in [1.807, 2.05) is 26.1 Å². The summed E-state index contributed by atoms with van der Waals surface area (Å²) < 4.78 is 14.3. The van der Waals surface area contributed by atoms with Crippen LogP contribution in [-0.2, 0) is 0 Å². The zero-order valence-corrected chi connectivity index (χ0v) is 16.5. The predicted molar refractivity (Wildman–Crippen MR) is 112 cm³/mol. The van der Waals surface area contributed by atoms with Gasteiger partial charge in [-0.3, -0.25) is 14.9 Å². The monoisotopic (exact) mass is 382 g/mol. The minimum atomic E-state index is -0.286. The number of aromatic nitrogens is 2. The normalized spacial score (nSPS) is 16.5. The third-order valence-corrected chi connectivity index (χ3v) is 4.81. The Morgan fingerprint density at radius 2 is 1.89 bits per heavy atom. The number of benzene rings is 1. The van der Waals surface area contributed by atoms with Gasteiger partial charge in [-0.2, -0.15) is 0 Å². The van der Waals surface area contributed by atoms with Crippen LogP contribution < -0.4 is 10.6 Å². The van der Waals surface area contributed by atoms with E-state index in [4.69, 9.17) is 5.73 Å². The molecule has 0 radical (unpaired) electrons. The van der Waals surface area contributed by atoms with Crippen molar-refractivity contribution in [1.82, 2.24) is 14.9 Å². The van der Waals surface area contributed by atoms with Gasteiger partial charge in [-0.15, -0.1) is 0 Å². The second-order valence-corrected chi connectivity index (χ2v) is 6.81. The SMILES string of the molecule is CCN=C/C(CN1CCN(c2nccnc2-c2ccccc2F)CC1)=C(/C)N. The number of aliphatic imine (C=N–C) groups is 1. The van der Waals surface area contributed by atoms with Crippen molar-refractivity contribution in [3.05, 3.63) is 53.7 Å². The highest BCUT2D eigenvalue weighted by Crippen LogP contribution is 2.29. The van der Waals surface area contributed by atoms with Crippen LogP contribution >= 0.6 is 0 Å². The third kappa shape index (κ3) is 4.72. The van der Waals surface area contributed by atoms with Crippen LogP contribution in [0.1, 0.15) is 13.8 Å². The molecule has 0 amide bonds. The van der Waals surface area contributed by atoms with E-state index < -0.39 is 0 Å². The van der Waals surface area contributed by atoms with E-state index in [0.717, 1.165) is 56.4 Å². The highest BCUT2D eigenvalue weighted by molar-refractivity contribution is 5.80. The summed E-state index contributed by atoms with van der Waals surface area (Å²) in [5, 5.41) is 0. The fourth-order valence-corrected chi connectivity index (χ4v) is 3.23. The lowest BCUT2D eigenvalue weighted by Gasteiger charge is -2.36. The van der Waals surface area contributed by atoms with Crippen molar-refractivity contribution >= 4 is 12.0 Å². The Morgan fingerprint density at radius 1 is 1.18 bits per heavy atom. The van der Waals surface area contributed by atoms with Gasteiger partial charge in [0.1, 0.15) is 11.5 Å². The van der Waals surface area contributed by atoms with Crippen molar-refractivity contribution in [3.8, 4) is 11.3 Å². The summed E-state index contributed by atoms with van der Waals surface area (Å²) in [6.45, 7) is 8.76. The lowest BCUT2D eigenvalue weighted by atomic mass is 10.1. The number of nitrogens with zero attached hydrogens (tertiary/aromatic N) is 5. The van der Waals surface area contributed by atoms with Crippen molar-refractivity contribution in [2.45, 2.75) is 13.8 Å². The van der Waals surface area contributed by atoms with Crippen molar-refractivity contribution in [3.63, 3.8) is 0 Å². The van der Waals surface area contributed by atoms with E-state index in [1.54, 1.807) is 24.5 Å². The smallest absolute Gasteiger partial charge is 0.155 e. The van der Waals surface area contributed by atoms with E-state index in [1.165, 1.54) is 6.07 Å². The second kappa shape index (κ2) is 9.41. The van der Waals surface area contributed by atoms with Crippen LogP contribution in [0.25, 0.3) is 11.3 Å². The molecule has 148 valence electrons. The topological polar surface area (TPSA) is 70.6 Å². The quantitative estimate of drug-likeness (QED) is 0.778. The maximum atomic E-state index is 14.3. The number of nitrogens with two attached hydrogens (primary N) is 1. The highest BCUT2D eigenvalue weighted by Gasteiger charge is 2.22. The van der Waals surface area contributed by atoms with Crippen LogP contribution in [0.15, 0.2) is 52.9 Å². The standard InChI is InChI=1S/C21H27FN6/c1-3-24-14-17(16(2)23)15-27-10-12-28(13-11-27)21-20(25-8-9-26-21)18-6-4-5-7-19(18)22/h4-9,14H,3,10-13,15,23H2,1-2H3/b17-16+,24-14?. The summed E-state index contributed by atoms with van der Waals surface area (Å²) in [5.74, 6) is 0.442. The minimum absolute atomic E-state index is 0.286. The van der Waals surface area contributed by atoms with Gasteiger partial charge in [0.25, 0.3) is 0 Å². The minimum Gasteiger partial charge on any atom is -0.402 e. The van der Waals surface area contributed by atoms with Gasteiger partial charge in [-0.05, 0) is 26.0 Å². The molecule has 3 rings (SSSR count). The number of hydrogen-bond acceptors (Lipinski definition) is 6. The molecule has 1 aromatic heterocycles. The molecule has 7 heteroatoms. The molecule has 1 saturated heterocycles. The summed E-state index contributed by atoms with van der Waals surface area (Å²) in [7, 11) is 0. The van der Waals surface area contributed by atoms with Crippen LogP contribution in [0.4, 0.5) is 10.2 Å². The first kappa shape index (κ1) is 19.9. The molecule has 0 aliphatic carbocycles. The van der Waals surface area contributed by atoms with Crippen LogP contribution in [0, 0.1) is 5.82 Å². The molecule has 0 atom stereocenters. The first-order valence-electron chi connectivity index (χ1n) is 9.58. The molecule has 1 aliphatic heterocycles. The number of rotatable bonds is 6. The number of hydrogen-bond donors (Lipinski definition) is 1. The fourth-order valence-electron chi connectivity index (χ4n) is 3.23. The summed E-state index contributed by atoms with van der Waals surface area (Å²) >= 11 is 0. The Hall–Kier alpha value is -2.80. The number of halogens is 1. The molecule has 2 N–H and O–H groups in total. The predicted octanol–water partition coefficient (Wildman–Crippen LogP) is 2.73.